The van der Waals surface area contributed by atoms with Crippen LogP contribution in [-0.4, -0.2) is 75.0 Å². The summed E-state index contributed by atoms with van der Waals surface area (Å²) in [7, 11) is 1.62. The van der Waals surface area contributed by atoms with E-state index in [-0.39, 0.29) is 19.1 Å². The molecule has 2 N–H and O–H groups in total. The summed E-state index contributed by atoms with van der Waals surface area (Å²) in [5.74, 6) is 0.0424. The number of methoxy groups -OCH3 is 1. The van der Waals surface area contributed by atoms with E-state index in [0.29, 0.717) is 29.4 Å². The second-order valence-corrected chi connectivity index (χ2v) is 14.4. The molecule has 0 bridgehead atoms. The van der Waals surface area contributed by atoms with Gasteiger partial charge >= 0.3 is 18.1 Å². The third-order valence-electron chi connectivity index (χ3n) is 9.72. The minimum atomic E-state index is -4.40. The molecule has 0 radical (unpaired) electrons. The maximum atomic E-state index is 12.9. The van der Waals surface area contributed by atoms with Gasteiger partial charge < -0.3 is 33.6 Å². The third-order valence-corrected chi connectivity index (χ3v) is 9.72. The molecule has 4 heterocycles. The van der Waals surface area contributed by atoms with Crippen LogP contribution >= 0.6 is 0 Å². The van der Waals surface area contributed by atoms with Crippen LogP contribution in [0.2, 0.25) is 0 Å². The Morgan fingerprint density at radius 3 is 1.81 bits per heavy atom. The van der Waals surface area contributed by atoms with E-state index >= 15 is 0 Å². The Balaban J connectivity index is 0.000000188. The minimum Gasteiger partial charge on any atom is -0.497 e. The van der Waals surface area contributed by atoms with Gasteiger partial charge in [0.25, 0.3) is 0 Å². The normalized spacial score (nSPS) is 11.5. The number of benzene rings is 4. The molecule has 0 spiro atoms. The van der Waals surface area contributed by atoms with Gasteiger partial charge in [0, 0.05) is 34.2 Å². The minimum absolute atomic E-state index is 0.0565. The summed E-state index contributed by atoms with van der Waals surface area (Å²) < 4.78 is 58.6. The predicted octanol–water partition coefficient (Wildman–Crippen LogP) is 8.08. The van der Waals surface area contributed by atoms with E-state index in [9.17, 15) is 22.8 Å². The molecular formula is C44H41F3N8O7. The summed E-state index contributed by atoms with van der Waals surface area (Å²) in [5, 5.41) is 37.6. The number of aliphatic carboxylic acids is 2. The van der Waals surface area contributed by atoms with Crippen molar-refractivity contribution in [3.05, 3.63) is 138 Å². The molecule has 4 aromatic carbocycles. The lowest BCUT2D eigenvalue weighted by Crippen LogP contribution is -2.09. The SMILES string of the molecule is CC(C)c1nn(-c2ccc(C(F)(F)F)cc2)nc1Cn1ccc2cc(OCC(=O)O)ccc21.COc1ccc(-n2nc(C)c(COc3ccc4c(ccn4CC(=O)O)c3)n2)cc1. The van der Waals surface area contributed by atoms with E-state index in [0.717, 1.165) is 62.5 Å². The average Bonchev–Trinajstić information content (AvgIpc) is 4.05. The number of hydrogen-bond donors (Lipinski definition) is 2. The first-order valence-electron chi connectivity index (χ1n) is 19.2. The number of aromatic nitrogens is 8. The Kier molecular flexibility index (Phi) is 12.3. The van der Waals surface area contributed by atoms with E-state index in [1.54, 1.807) is 34.8 Å². The summed E-state index contributed by atoms with van der Waals surface area (Å²) in [4.78, 5) is 24.6. The van der Waals surface area contributed by atoms with Crippen LogP contribution in [0, 0.1) is 6.92 Å². The van der Waals surface area contributed by atoms with E-state index < -0.39 is 30.3 Å². The summed E-state index contributed by atoms with van der Waals surface area (Å²) in [5.41, 5.74) is 5.27. The highest BCUT2D eigenvalue weighted by Gasteiger charge is 2.30. The van der Waals surface area contributed by atoms with Crippen molar-refractivity contribution in [1.29, 1.82) is 0 Å². The topological polar surface area (TPSA) is 174 Å². The Bertz CT molecular complexity index is 2840. The zero-order valence-electron chi connectivity index (χ0n) is 33.9. The number of fused-ring (bicyclic) bond motifs is 2. The maximum Gasteiger partial charge on any atom is 0.416 e. The second kappa shape index (κ2) is 17.9. The predicted molar refractivity (Wildman–Crippen MR) is 221 cm³/mol. The van der Waals surface area contributed by atoms with Crippen molar-refractivity contribution in [1.82, 2.24) is 39.1 Å². The molecule has 8 aromatic rings. The van der Waals surface area contributed by atoms with Crippen LogP contribution in [0.3, 0.4) is 0 Å². The van der Waals surface area contributed by atoms with Crippen molar-refractivity contribution >= 4 is 33.7 Å². The largest absolute Gasteiger partial charge is 0.497 e. The van der Waals surface area contributed by atoms with Crippen molar-refractivity contribution in [2.24, 2.45) is 0 Å². The molecule has 0 aliphatic rings. The number of alkyl halides is 3. The highest BCUT2D eigenvalue weighted by atomic mass is 19.4. The van der Waals surface area contributed by atoms with Crippen LogP contribution in [0.25, 0.3) is 33.2 Å². The van der Waals surface area contributed by atoms with E-state index in [1.807, 2.05) is 92.2 Å². The van der Waals surface area contributed by atoms with Gasteiger partial charge in [-0.25, -0.2) is 4.79 Å². The Morgan fingerprint density at radius 2 is 1.23 bits per heavy atom. The van der Waals surface area contributed by atoms with Crippen LogP contribution in [0.5, 0.6) is 17.2 Å². The monoisotopic (exact) mass is 850 g/mol. The molecular weight excluding hydrogens is 810 g/mol. The molecule has 15 nitrogen and oxygen atoms in total. The number of carboxylic acid groups (broad SMARTS) is 2. The number of carbonyl (C=O) groups is 2. The van der Waals surface area contributed by atoms with E-state index in [1.165, 1.54) is 16.9 Å². The summed E-state index contributed by atoms with van der Waals surface area (Å²) in [6, 6.07) is 26.8. The van der Waals surface area contributed by atoms with Crippen molar-refractivity contribution < 1.29 is 47.2 Å². The standard InChI is InChI=1S/C23H21F3N4O3.C21H20N4O4/c1-14(2)22-19(27-30(28-22)17-5-3-16(4-6-17)23(24,25)26)12-29-10-9-15-11-18(7-8-20(15)29)33-13-21(31)32;1-14-19(23-25(22-14)16-3-5-17(28-2)6-4-16)13-29-18-7-8-20-15(11-18)9-10-24(20)12-21(26)27/h3-11,14H,12-13H2,1-2H3,(H,31,32);3-11H,12-13H2,1-2H3,(H,26,27). The number of carboxylic acids is 2. The van der Waals surface area contributed by atoms with Crippen LogP contribution in [-0.2, 0) is 35.5 Å². The number of hydrogen-bond acceptors (Lipinski definition) is 9. The van der Waals surface area contributed by atoms with Crippen molar-refractivity contribution in [2.45, 2.75) is 52.6 Å². The summed E-state index contributed by atoms with van der Waals surface area (Å²) in [6.07, 6.45) is -0.765. The molecule has 62 heavy (non-hydrogen) atoms. The fraction of sp³-hybridized carbons (Fsp3) is 0.227. The van der Waals surface area contributed by atoms with Crippen LogP contribution < -0.4 is 14.2 Å². The molecule has 18 heteroatoms. The van der Waals surface area contributed by atoms with Gasteiger partial charge in [0.05, 0.1) is 42.0 Å². The van der Waals surface area contributed by atoms with E-state index in [2.05, 4.69) is 20.4 Å². The Hall–Kier alpha value is -7.63. The average molecular weight is 851 g/mol. The molecule has 8 rings (SSSR count). The fourth-order valence-electron chi connectivity index (χ4n) is 6.60. The van der Waals surface area contributed by atoms with E-state index in [4.69, 9.17) is 24.4 Å². The highest BCUT2D eigenvalue weighted by molar-refractivity contribution is 5.83. The van der Waals surface area contributed by atoms with Crippen LogP contribution in [0.1, 0.15) is 48.1 Å². The number of ether oxygens (including phenoxy) is 3. The Morgan fingerprint density at radius 1 is 0.677 bits per heavy atom. The first-order valence-corrected chi connectivity index (χ1v) is 19.2. The zero-order chi connectivity index (χ0) is 44.1. The number of nitrogens with zero attached hydrogens (tertiary/aromatic N) is 8. The summed E-state index contributed by atoms with van der Waals surface area (Å²) >= 11 is 0. The molecule has 0 aliphatic carbocycles. The van der Waals surface area contributed by atoms with Crippen LogP contribution in [0.15, 0.2) is 109 Å². The lowest BCUT2D eigenvalue weighted by Gasteiger charge is -2.07. The van der Waals surface area contributed by atoms with Gasteiger partial charge in [-0.05, 0) is 110 Å². The van der Waals surface area contributed by atoms with Gasteiger partial charge in [-0.15, -0.1) is 5.10 Å². The summed E-state index contributed by atoms with van der Waals surface area (Å²) in [6.45, 7) is 6.04. The van der Waals surface area contributed by atoms with Gasteiger partial charge in [-0.3, -0.25) is 4.79 Å². The van der Waals surface area contributed by atoms with Gasteiger partial charge in [0.1, 0.15) is 41.8 Å². The van der Waals surface area contributed by atoms with Gasteiger partial charge in [0.2, 0.25) is 0 Å². The fourth-order valence-corrected chi connectivity index (χ4v) is 6.60. The van der Waals surface area contributed by atoms with Crippen LogP contribution in [0.4, 0.5) is 13.2 Å². The molecule has 0 saturated heterocycles. The molecule has 320 valence electrons. The van der Waals surface area contributed by atoms with Gasteiger partial charge in [-0.2, -0.15) is 38.1 Å². The number of aryl methyl sites for hydroxylation is 1. The molecule has 0 atom stereocenters. The highest BCUT2D eigenvalue weighted by Crippen LogP contribution is 2.30. The molecule has 0 saturated carbocycles. The van der Waals surface area contributed by atoms with Crippen molar-refractivity contribution in [2.75, 3.05) is 13.7 Å². The smallest absolute Gasteiger partial charge is 0.416 e. The zero-order valence-corrected chi connectivity index (χ0v) is 33.9. The molecule has 4 aromatic heterocycles. The number of halogens is 3. The molecule has 0 fully saturated rings. The second-order valence-electron chi connectivity index (χ2n) is 14.4. The molecule has 0 unspecified atom stereocenters. The third kappa shape index (κ3) is 9.86. The Labute approximate surface area is 352 Å². The van der Waals surface area contributed by atoms with Crippen molar-refractivity contribution in [3.8, 4) is 28.6 Å². The lowest BCUT2D eigenvalue weighted by atomic mass is 10.1. The molecule has 0 aliphatic heterocycles. The lowest BCUT2D eigenvalue weighted by molar-refractivity contribution is -0.139. The first kappa shape index (κ1) is 42.5. The molecule has 0 amide bonds. The number of rotatable bonds is 14. The van der Waals surface area contributed by atoms with Gasteiger partial charge in [0.15, 0.2) is 6.61 Å². The van der Waals surface area contributed by atoms with Gasteiger partial charge in [-0.1, -0.05) is 13.8 Å². The maximum absolute atomic E-state index is 12.9. The first-order chi connectivity index (χ1) is 29.6. The quantitative estimate of drug-likeness (QED) is 0.108. The van der Waals surface area contributed by atoms with Crippen molar-refractivity contribution in [3.63, 3.8) is 0 Å².